The van der Waals surface area contributed by atoms with E-state index in [2.05, 4.69) is 10.3 Å². The predicted molar refractivity (Wildman–Crippen MR) is 99.0 cm³/mol. The van der Waals surface area contributed by atoms with Crippen molar-refractivity contribution in [1.82, 2.24) is 9.55 Å². The van der Waals surface area contributed by atoms with E-state index in [-0.39, 0.29) is 23.3 Å². The first-order valence-electron chi connectivity index (χ1n) is 7.66. The van der Waals surface area contributed by atoms with Crippen molar-refractivity contribution in [2.24, 2.45) is 0 Å². The molecule has 0 saturated heterocycles. The highest BCUT2D eigenvalue weighted by atomic mass is 32.2. The molecule has 2 rings (SSSR count). The highest BCUT2D eigenvalue weighted by Gasteiger charge is 2.10. The molecule has 1 aromatic carbocycles. The summed E-state index contributed by atoms with van der Waals surface area (Å²) in [5.74, 6) is 0.0597. The Morgan fingerprint density at radius 3 is 2.50 bits per heavy atom. The zero-order chi connectivity index (χ0) is 17.7. The molecule has 7 heteroatoms. The Balaban J connectivity index is 1.98. The summed E-state index contributed by atoms with van der Waals surface area (Å²) < 4.78 is 1.88. The minimum atomic E-state index is -0.297. The summed E-state index contributed by atoms with van der Waals surface area (Å²) in [6.45, 7) is 4.01. The number of thioether (sulfide) groups is 1. The Bertz CT molecular complexity index is 754. The number of amides is 1. The zero-order valence-corrected chi connectivity index (χ0v) is 15.1. The van der Waals surface area contributed by atoms with Crippen LogP contribution in [0.25, 0.3) is 0 Å². The lowest BCUT2D eigenvalue weighted by atomic mass is 10.2. The van der Waals surface area contributed by atoms with E-state index >= 15 is 0 Å². The summed E-state index contributed by atoms with van der Waals surface area (Å²) in [6, 6.07) is 9.21. The zero-order valence-electron chi connectivity index (χ0n) is 14.3. The van der Waals surface area contributed by atoms with Crippen molar-refractivity contribution >= 4 is 29.0 Å². The van der Waals surface area contributed by atoms with Gasteiger partial charge in [-0.15, -0.1) is 0 Å². The summed E-state index contributed by atoms with van der Waals surface area (Å²) >= 11 is 1.26. The molecule has 0 aliphatic heterocycles. The van der Waals surface area contributed by atoms with Gasteiger partial charge < -0.3 is 14.8 Å². The minimum absolute atomic E-state index is 0.133. The van der Waals surface area contributed by atoms with E-state index in [1.54, 1.807) is 6.20 Å². The topological polar surface area (TPSA) is 67.2 Å². The fraction of sp³-hybridized carbons (Fsp3) is 0.353. The summed E-state index contributed by atoms with van der Waals surface area (Å²) in [7, 11) is 3.93. The van der Waals surface area contributed by atoms with E-state index in [4.69, 9.17) is 0 Å². The first-order chi connectivity index (χ1) is 11.4. The number of benzene rings is 1. The maximum atomic E-state index is 12.1. The molecular formula is C17H22N4O2S. The number of aromatic nitrogens is 2. The second kappa shape index (κ2) is 8.01. The normalized spacial score (nSPS) is 10.7. The fourth-order valence-corrected chi connectivity index (χ4v) is 2.97. The molecule has 0 fully saturated rings. The van der Waals surface area contributed by atoms with E-state index in [0.29, 0.717) is 5.16 Å². The molecular weight excluding hydrogens is 324 g/mol. The van der Waals surface area contributed by atoms with Gasteiger partial charge in [-0.25, -0.2) is 0 Å². The van der Waals surface area contributed by atoms with Gasteiger partial charge in [-0.3, -0.25) is 9.59 Å². The van der Waals surface area contributed by atoms with Crippen LogP contribution in [-0.4, -0.2) is 35.3 Å². The number of anilines is 2. The highest BCUT2D eigenvalue weighted by molar-refractivity contribution is 7.99. The van der Waals surface area contributed by atoms with Crippen LogP contribution in [0.2, 0.25) is 0 Å². The molecule has 1 heterocycles. The van der Waals surface area contributed by atoms with Gasteiger partial charge in [0, 0.05) is 43.8 Å². The molecule has 1 amide bonds. The van der Waals surface area contributed by atoms with E-state index in [9.17, 15) is 9.59 Å². The maximum absolute atomic E-state index is 12.1. The van der Waals surface area contributed by atoms with Crippen molar-refractivity contribution in [3.63, 3.8) is 0 Å². The molecule has 1 N–H and O–H groups in total. The fourth-order valence-electron chi connectivity index (χ4n) is 2.07. The quantitative estimate of drug-likeness (QED) is 0.643. The number of hydrogen-bond donors (Lipinski definition) is 1. The molecule has 0 aliphatic rings. The van der Waals surface area contributed by atoms with E-state index in [1.165, 1.54) is 17.8 Å². The molecule has 0 atom stereocenters. The number of nitrogens with zero attached hydrogens (tertiary/aromatic N) is 3. The molecule has 0 bridgehead atoms. The molecule has 24 heavy (non-hydrogen) atoms. The van der Waals surface area contributed by atoms with E-state index in [1.807, 2.05) is 61.7 Å². The van der Waals surface area contributed by atoms with Gasteiger partial charge in [0.25, 0.3) is 5.56 Å². The van der Waals surface area contributed by atoms with Gasteiger partial charge in [0.05, 0.1) is 5.75 Å². The van der Waals surface area contributed by atoms with Crippen LogP contribution in [0.15, 0.2) is 46.5 Å². The smallest absolute Gasteiger partial charge is 0.273 e. The van der Waals surface area contributed by atoms with Crippen molar-refractivity contribution in [2.45, 2.75) is 25.0 Å². The summed E-state index contributed by atoms with van der Waals surface area (Å²) in [5, 5.41) is 3.40. The Morgan fingerprint density at radius 2 is 1.92 bits per heavy atom. The van der Waals surface area contributed by atoms with E-state index < -0.39 is 0 Å². The Hall–Kier alpha value is -2.28. The van der Waals surface area contributed by atoms with Gasteiger partial charge >= 0.3 is 0 Å². The van der Waals surface area contributed by atoms with Gasteiger partial charge in [-0.05, 0) is 38.1 Å². The third kappa shape index (κ3) is 4.86. The first kappa shape index (κ1) is 18.1. The van der Waals surface area contributed by atoms with Crippen molar-refractivity contribution in [3.8, 4) is 0 Å². The average Bonchev–Trinajstić information content (AvgIpc) is 2.53. The van der Waals surface area contributed by atoms with Gasteiger partial charge in [0.1, 0.15) is 0 Å². The molecule has 0 saturated carbocycles. The minimum Gasteiger partial charge on any atom is -0.378 e. The largest absolute Gasteiger partial charge is 0.378 e. The van der Waals surface area contributed by atoms with Gasteiger partial charge in [0.15, 0.2) is 5.16 Å². The number of nitrogens with one attached hydrogen (secondary N) is 1. The van der Waals surface area contributed by atoms with Crippen LogP contribution in [0.1, 0.15) is 19.9 Å². The van der Waals surface area contributed by atoms with Crippen molar-refractivity contribution in [2.75, 3.05) is 30.1 Å². The Labute approximate surface area is 145 Å². The summed E-state index contributed by atoms with van der Waals surface area (Å²) in [6.07, 6.45) is 1.71. The monoisotopic (exact) mass is 346 g/mol. The second-order valence-corrected chi connectivity index (χ2v) is 6.77. The van der Waals surface area contributed by atoms with Gasteiger partial charge in [-0.1, -0.05) is 11.8 Å². The highest BCUT2D eigenvalue weighted by Crippen LogP contribution is 2.19. The Morgan fingerprint density at radius 1 is 1.25 bits per heavy atom. The SMILES string of the molecule is CC(C)n1ccc(=O)nc1SCC(=O)Nc1ccc(N(C)C)cc1. The first-order valence-corrected chi connectivity index (χ1v) is 8.64. The molecule has 2 aromatic rings. The van der Waals surface area contributed by atoms with E-state index in [0.717, 1.165) is 11.4 Å². The molecule has 0 radical (unpaired) electrons. The van der Waals surface area contributed by atoms with Crippen molar-refractivity contribution in [1.29, 1.82) is 0 Å². The number of carbonyl (C=O) groups excluding carboxylic acids is 1. The third-order valence-electron chi connectivity index (χ3n) is 3.36. The second-order valence-electron chi connectivity index (χ2n) is 5.83. The Kier molecular flexibility index (Phi) is 6.03. The van der Waals surface area contributed by atoms with Crippen LogP contribution < -0.4 is 15.8 Å². The number of hydrogen-bond acceptors (Lipinski definition) is 5. The van der Waals surface area contributed by atoms with Crippen LogP contribution in [0, 0.1) is 0 Å². The lowest BCUT2D eigenvalue weighted by Crippen LogP contribution is -2.18. The van der Waals surface area contributed by atoms with Gasteiger partial charge in [-0.2, -0.15) is 4.98 Å². The van der Waals surface area contributed by atoms with Crippen LogP contribution >= 0.6 is 11.8 Å². The number of rotatable bonds is 6. The lowest BCUT2D eigenvalue weighted by Gasteiger charge is -2.15. The number of carbonyl (C=O) groups is 1. The van der Waals surface area contributed by atoms with Crippen LogP contribution in [0.4, 0.5) is 11.4 Å². The molecule has 6 nitrogen and oxygen atoms in total. The molecule has 128 valence electrons. The van der Waals surface area contributed by atoms with Crippen LogP contribution in [0.3, 0.4) is 0 Å². The lowest BCUT2D eigenvalue weighted by molar-refractivity contribution is -0.113. The average molecular weight is 346 g/mol. The van der Waals surface area contributed by atoms with Crippen LogP contribution in [-0.2, 0) is 4.79 Å². The molecule has 0 spiro atoms. The van der Waals surface area contributed by atoms with Crippen molar-refractivity contribution in [3.05, 3.63) is 46.9 Å². The molecule has 0 aliphatic carbocycles. The molecule has 1 aromatic heterocycles. The standard InChI is InChI=1S/C17H22N4O2S/c1-12(2)21-10-9-15(22)19-17(21)24-11-16(23)18-13-5-7-14(8-6-13)20(3)4/h5-10,12H,11H2,1-4H3,(H,18,23). The summed E-state index contributed by atoms with van der Waals surface area (Å²) in [5.41, 5.74) is 1.51. The van der Waals surface area contributed by atoms with Gasteiger partial charge in [0.2, 0.25) is 5.91 Å². The maximum Gasteiger partial charge on any atom is 0.273 e. The van der Waals surface area contributed by atoms with Crippen LogP contribution in [0.5, 0.6) is 0 Å². The van der Waals surface area contributed by atoms with Crippen molar-refractivity contribution < 1.29 is 4.79 Å². The molecule has 0 unspecified atom stereocenters. The summed E-state index contributed by atoms with van der Waals surface area (Å²) in [4.78, 5) is 29.5. The third-order valence-corrected chi connectivity index (χ3v) is 4.33. The predicted octanol–water partition coefficient (Wildman–Crippen LogP) is 2.62.